The van der Waals surface area contributed by atoms with E-state index in [1.165, 1.54) is 127 Å². The van der Waals surface area contributed by atoms with Crippen LogP contribution < -0.4 is 4.90 Å². The fraction of sp³-hybridized carbons (Fsp3) is 0.239. The van der Waals surface area contributed by atoms with Gasteiger partial charge in [-0.25, -0.2) is 0 Å². The number of para-hydroxylation sites is 2. The van der Waals surface area contributed by atoms with E-state index in [1.54, 1.807) is 0 Å². The number of hydrogen-bond acceptors (Lipinski definition) is 3. The van der Waals surface area contributed by atoms with E-state index < -0.39 is 0 Å². The van der Waals surface area contributed by atoms with Gasteiger partial charge in [0.05, 0.1) is 0 Å². The van der Waals surface area contributed by atoms with Crippen molar-refractivity contribution in [1.29, 1.82) is 0 Å². The van der Waals surface area contributed by atoms with E-state index in [0.717, 1.165) is 33.7 Å². The summed E-state index contributed by atoms with van der Waals surface area (Å²) in [4.78, 5) is 2.57. The molecule has 0 amide bonds. The Morgan fingerprint density at radius 2 is 0.946 bits per heavy atom. The van der Waals surface area contributed by atoms with Gasteiger partial charge in [0.25, 0.3) is 0 Å². The Balaban J connectivity index is 0.936. The standard InChI is InChI=1S/C71H61NO2/c1-38-25-31-55(54(33-38)67(2,3)4)72(39-26-28-41-46-36-53-47(37-52(46)69(7,8)50(41)34-39)59-49(68(53,5)6)30-32-58-60(59)44-20-14-17-23-56(44)73-58)40-27-29-43-51(35-40)71(11,12)65-63(43)66-62(45-21-15-18-24-57(45)74-66)61-42-19-13-16-22-48(42)70(9,10)64(61)65/h13-37H,1-12H3. The molecule has 362 valence electrons. The van der Waals surface area contributed by atoms with Gasteiger partial charge in [0.15, 0.2) is 0 Å². The van der Waals surface area contributed by atoms with Crippen molar-refractivity contribution in [3.05, 3.63) is 207 Å². The SMILES string of the molecule is Cc1ccc(N(c2ccc3c(c2)C(C)(C)c2cc4c(cc2-3)C(C)(C)c2ccc3oc5ccccc5c3c2-4)c2ccc3c(c2)C(C)(C)c2c4c(c5c(oc6ccccc65)c2-3)-c2ccccc2C4(C)C)c(C(C)(C)C)c1. The Morgan fingerprint density at radius 3 is 1.68 bits per heavy atom. The summed E-state index contributed by atoms with van der Waals surface area (Å²) in [6.07, 6.45) is 0. The van der Waals surface area contributed by atoms with Gasteiger partial charge in [0.1, 0.15) is 22.3 Å². The van der Waals surface area contributed by atoms with Crippen LogP contribution in [0.25, 0.3) is 88.4 Å². The Kier molecular flexibility index (Phi) is 8.28. The molecule has 0 N–H and O–H groups in total. The quantitative estimate of drug-likeness (QED) is 0.177. The van der Waals surface area contributed by atoms with E-state index >= 15 is 0 Å². The van der Waals surface area contributed by atoms with Crippen LogP contribution in [0.1, 0.15) is 132 Å². The number of aryl methyl sites for hydroxylation is 1. The maximum Gasteiger partial charge on any atom is 0.144 e. The second-order valence-electron chi connectivity index (χ2n) is 25.3. The molecular weight excluding hydrogens is 899 g/mol. The Labute approximate surface area is 434 Å². The molecule has 2 heterocycles. The van der Waals surface area contributed by atoms with Crippen LogP contribution in [0.4, 0.5) is 17.1 Å². The predicted molar refractivity (Wildman–Crippen MR) is 309 cm³/mol. The molecule has 0 saturated heterocycles. The van der Waals surface area contributed by atoms with Gasteiger partial charge >= 0.3 is 0 Å². The number of hydrogen-bond donors (Lipinski definition) is 0. The molecule has 0 radical (unpaired) electrons. The molecule has 9 aromatic carbocycles. The van der Waals surface area contributed by atoms with Crippen molar-refractivity contribution in [2.75, 3.05) is 4.90 Å². The smallest absolute Gasteiger partial charge is 0.144 e. The highest BCUT2D eigenvalue weighted by molar-refractivity contribution is 6.21. The van der Waals surface area contributed by atoms with E-state index in [1.807, 2.05) is 0 Å². The van der Waals surface area contributed by atoms with Crippen LogP contribution in [0.3, 0.4) is 0 Å². The maximum absolute atomic E-state index is 7.10. The lowest BCUT2D eigenvalue weighted by Crippen LogP contribution is -2.24. The Bertz CT molecular complexity index is 4360. The normalized spacial score (nSPS) is 16.5. The van der Waals surface area contributed by atoms with E-state index in [2.05, 4.69) is 240 Å². The lowest BCUT2D eigenvalue weighted by Gasteiger charge is -2.34. The fourth-order valence-electron chi connectivity index (χ4n) is 14.9. The van der Waals surface area contributed by atoms with Gasteiger partial charge in [-0.2, -0.15) is 0 Å². The highest BCUT2D eigenvalue weighted by Crippen LogP contribution is 2.64. The third-order valence-electron chi connectivity index (χ3n) is 18.6. The summed E-state index contributed by atoms with van der Waals surface area (Å²) in [6, 6.07) is 57.6. The number of furan rings is 2. The zero-order valence-corrected chi connectivity index (χ0v) is 44.7. The maximum atomic E-state index is 7.10. The third kappa shape index (κ3) is 5.37. The first-order chi connectivity index (χ1) is 35.3. The Hall–Kier alpha value is -7.62. The average Bonchev–Trinajstić information content (AvgIpc) is 4.27. The van der Waals surface area contributed by atoms with Gasteiger partial charge in [-0.05, 0) is 162 Å². The summed E-state index contributed by atoms with van der Waals surface area (Å²) in [5, 5.41) is 4.83. The fourth-order valence-corrected chi connectivity index (χ4v) is 14.9. The van der Waals surface area contributed by atoms with Crippen LogP contribution in [0.2, 0.25) is 0 Å². The van der Waals surface area contributed by atoms with Gasteiger partial charge in [0, 0.05) is 65.8 Å². The number of rotatable bonds is 3. The summed E-state index contributed by atoms with van der Waals surface area (Å²) in [5.41, 5.74) is 30.3. The molecule has 0 fully saturated rings. The topological polar surface area (TPSA) is 29.5 Å². The van der Waals surface area contributed by atoms with Crippen LogP contribution in [0.15, 0.2) is 160 Å². The van der Waals surface area contributed by atoms with E-state index in [-0.39, 0.29) is 27.1 Å². The van der Waals surface area contributed by atoms with Crippen molar-refractivity contribution in [3.8, 4) is 44.5 Å². The van der Waals surface area contributed by atoms with Gasteiger partial charge in [0.2, 0.25) is 0 Å². The first-order valence-electron chi connectivity index (χ1n) is 26.7. The summed E-state index contributed by atoms with van der Waals surface area (Å²) in [6.45, 7) is 28.7. The molecule has 11 aromatic rings. The predicted octanol–water partition coefficient (Wildman–Crippen LogP) is 19.8. The lowest BCUT2D eigenvalue weighted by atomic mass is 9.72. The van der Waals surface area contributed by atoms with Crippen LogP contribution in [-0.4, -0.2) is 0 Å². The van der Waals surface area contributed by atoms with Crippen LogP contribution in [-0.2, 0) is 27.1 Å². The molecular formula is C71H61NO2. The molecule has 4 aliphatic carbocycles. The van der Waals surface area contributed by atoms with Crippen LogP contribution in [0, 0.1) is 6.92 Å². The molecule has 0 atom stereocenters. The highest BCUT2D eigenvalue weighted by atomic mass is 16.3. The second kappa shape index (κ2) is 13.9. The number of fused-ring (bicyclic) bond motifs is 22. The number of nitrogens with zero attached hydrogens (tertiary/aromatic N) is 1. The van der Waals surface area contributed by atoms with E-state index in [0.29, 0.717) is 0 Å². The summed E-state index contributed by atoms with van der Waals surface area (Å²) >= 11 is 0. The second-order valence-corrected chi connectivity index (χ2v) is 25.3. The van der Waals surface area contributed by atoms with Crippen molar-refractivity contribution in [1.82, 2.24) is 0 Å². The molecule has 0 saturated carbocycles. The van der Waals surface area contributed by atoms with Gasteiger partial charge in [-0.3, -0.25) is 0 Å². The first-order valence-corrected chi connectivity index (χ1v) is 26.7. The summed E-state index contributed by atoms with van der Waals surface area (Å²) in [5.74, 6) is 0. The van der Waals surface area contributed by atoms with Crippen LogP contribution in [0.5, 0.6) is 0 Å². The lowest BCUT2D eigenvalue weighted by molar-refractivity contribution is 0.590. The van der Waals surface area contributed by atoms with Crippen molar-refractivity contribution in [2.24, 2.45) is 0 Å². The molecule has 0 spiro atoms. The molecule has 0 bridgehead atoms. The van der Waals surface area contributed by atoms with Gasteiger partial charge in [-0.15, -0.1) is 0 Å². The third-order valence-corrected chi connectivity index (χ3v) is 18.6. The molecule has 0 aliphatic heterocycles. The highest BCUT2D eigenvalue weighted by Gasteiger charge is 2.49. The molecule has 2 aromatic heterocycles. The largest absolute Gasteiger partial charge is 0.456 e. The van der Waals surface area contributed by atoms with Crippen molar-refractivity contribution >= 4 is 60.9 Å². The molecule has 4 aliphatic rings. The average molecular weight is 960 g/mol. The molecule has 74 heavy (non-hydrogen) atoms. The minimum Gasteiger partial charge on any atom is -0.456 e. The first kappa shape index (κ1) is 43.9. The summed E-state index contributed by atoms with van der Waals surface area (Å²) in [7, 11) is 0. The minimum atomic E-state index is -0.342. The Morgan fingerprint density at radius 1 is 0.392 bits per heavy atom. The van der Waals surface area contributed by atoms with Gasteiger partial charge < -0.3 is 13.7 Å². The van der Waals surface area contributed by atoms with Crippen molar-refractivity contribution in [3.63, 3.8) is 0 Å². The zero-order valence-electron chi connectivity index (χ0n) is 44.7. The summed E-state index contributed by atoms with van der Waals surface area (Å²) < 4.78 is 13.6. The minimum absolute atomic E-state index is 0.124. The molecule has 15 rings (SSSR count). The van der Waals surface area contributed by atoms with Gasteiger partial charge in [-0.1, -0.05) is 173 Å². The molecule has 3 nitrogen and oxygen atoms in total. The van der Waals surface area contributed by atoms with Crippen molar-refractivity contribution < 1.29 is 8.83 Å². The molecule has 3 heteroatoms. The van der Waals surface area contributed by atoms with Crippen LogP contribution >= 0.6 is 0 Å². The van der Waals surface area contributed by atoms with Crippen molar-refractivity contribution in [2.45, 2.75) is 110 Å². The van der Waals surface area contributed by atoms with E-state index in [4.69, 9.17) is 8.83 Å². The number of anilines is 3. The monoisotopic (exact) mass is 959 g/mol. The number of benzene rings is 9. The zero-order chi connectivity index (χ0) is 50.9. The van der Waals surface area contributed by atoms with E-state index in [9.17, 15) is 0 Å². The molecule has 0 unspecified atom stereocenters.